The number of fused-ring (bicyclic) bond motifs is 1. The summed E-state index contributed by atoms with van der Waals surface area (Å²) in [6.45, 7) is 4.15. The third-order valence-electron chi connectivity index (χ3n) is 4.20. The molecule has 1 aliphatic rings. The van der Waals surface area contributed by atoms with Gasteiger partial charge in [-0.05, 0) is 18.6 Å². The van der Waals surface area contributed by atoms with Crippen molar-refractivity contribution in [3.8, 4) is 0 Å². The van der Waals surface area contributed by atoms with E-state index in [9.17, 15) is 9.59 Å². The molecule has 0 aromatic carbocycles. The number of thiophene rings is 1. The van der Waals surface area contributed by atoms with Crippen LogP contribution in [0, 0.1) is 0 Å². The first-order valence-corrected chi connectivity index (χ1v) is 9.01. The Kier molecular flexibility index (Phi) is 5.12. The van der Waals surface area contributed by atoms with Crippen molar-refractivity contribution < 1.29 is 19.1 Å². The number of carbonyl (C=O) groups excluding carboxylic acids is 2. The van der Waals surface area contributed by atoms with E-state index in [4.69, 9.17) is 21.1 Å². The normalized spacial score (nSPS) is 16.4. The van der Waals surface area contributed by atoms with Crippen LogP contribution >= 0.6 is 22.9 Å². The Labute approximate surface area is 148 Å². The summed E-state index contributed by atoms with van der Waals surface area (Å²) in [6.07, 6.45) is 0.567. The lowest BCUT2D eigenvalue weighted by Crippen LogP contribution is -2.44. The molecular weight excluding hydrogens is 352 g/mol. The summed E-state index contributed by atoms with van der Waals surface area (Å²) in [6, 6.07) is 3.07. The number of carbonyl (C=O) groups is 2. The largest absolute Gasteiger partial charge is 0.464 e. The lowest BCUT2D eigenvalue weighted by atomic mass is 10.1. The fraction of sp³-hybridized carbons (Fsp3) is 0.500. The minimum absolute atomic E-state index is 0.00854. The van der Waals surface area contributed by atoms with Crippen molar-refractivity contribution in [2.45, 2.75) is 19.4 Å². The van der Waals surface area contributed by atoms with Crippen LogP contribution in [0.15, 0.2) is 12.1 Å². The second-order valence-electron chi connectivity index (χ2n) is 5.55. The Balaban J connectivity index is 2.06. The molecule has 1 unspecified atom stereocenters. The predicted octanol–water partition coefficient (Wildman–Crippen LogP) is 2.95. The molecule has 0 spiro atoms. The lowest BCUT2D eigenvalue weighted by molar-refractivity contribution is -0.138. The molecule has 2 aromatic heterocycles. The van der Waals surface area contributed by atoms with Gasteiger partial charge in [-0.15, -0.1) is 11.3 Å². The van der Waals surface area contributed by atoms with Crippen LogP contribution in [0.2, 0.25) is 4.34 Å². The SMILES string of the molecule is CCC(C(=O)N1CCOCC1)n1c(C(=O)OC)cc2sc(Cl)cc21. The first kappa shape index (κ1) is 17.3. The van der Waals surface area contributed by atoms with Crippen molar-refractivity contribution in [2.24, 2.45) is 0 Å². The van der Waals surface area contributed by atoms with Crippen molar-refractivity contribution in [2.75, 3.05) is 33.4 Å². The first-order chi connectivity index (χ1) is 11.6. The molecule has 1 amide bonds. The number of hydrogen-bond acceptors (Lipinski definition) is 5. The topological polar surface area (TPSA) is 60.8 Å². The van der Waals surface area contributed by atoms with Gasteiger partial charge < -0.3 is 18.9 Å². The van der Waals surface area contributed by atoms with Crippen LogP contribution in [0.4, 0.5) is 0 Å². The molecular formula is C16H19ClN2O4S. The molecule has 130 valence electrons. The molecule has 0 aliphatic carbocycles. The number of morpholine rings is 1. The third kappa shape index (κ3) is 3.03. The zero-order chi connectivity index (χ0) is 17.3. The summed E-state index contributed by atoms with van der Waals surface area (Å²) in [5.74, 6) is -0.464. The van der Waals surface area contributed by atoms with Gasteiger partial charge in [-0.2, -0.15) is 0 Å². The molecule has 8 heteroatoms. The van der Waals surface area contributed by atoms with Gasteiger partial charge in [0, 0.05) is 13.1 Å². The van der Waals surface area contributed by atoms with Crippen molar-refractivity contribution in [3.63, 3.8) is 0 Å². The van der Waals surface area contributed by atoms with E-state index in [1.807, 2.05) is 6.92 Å². The standard InChI is InChI=1S/C16H19ClN2O4S/c1-3-10(15(20)18-4-6-23-7-5-18)19-11-9-14(17)24-13(11)8-12(19)16(21)22-2/h8-10H,3-7H2,1-2H3. The number of hydrogen-bond donors (Lipinski definition) is 0. The maximum absolute atomic E-state index is 13.0. The quantitative estimate of drug-likeness (QED) is 0.776. The number of ether oxygens (including phenoxy) is 2. The minimum atomic E-state index is -0.472. The lowest BCUT2D eigenvalue weighted by Gasteiger charge is -2.31. The van der Waals surface area contributed by atoms with Crippen LogP contribution in [0.1, 0.15) is 29.9 Å². The highest BCUT2D eigenvalue weighted by Gasteiger charge is 2.31. The molecule has 0 saturated carbocycles. The Hall–Kier alpha value is -1.57. The van der Waals surface area contributed by atoms with Gasteiger partial charge in [-0.25, -0.2) is 4.79 Å². The smallest absolute Gasteiger partial charge is 0.354 e. The summed E-state index contributed by atoms with van der Waals surface area (Å²) in [7, 11) is 1.34. The van der Waals surface area contributed by atoms with Gasteiger partial charge in [0.15, 0.2) is 0 Å². The molecule has 1 fully saturated rings. The Morgan fingerprint density at radius 3 is 2.71 bits per heavy atom. The van der Waals surface area contributed by atoms with E-state index in [-0.39, 0.29) is 5.91 Å². The van der Waals surface area contributed by atoms with E-state index >= 15 is 0 Å². The molecule has 1 aliphatic heterocycles. The summed E-state index contributed by atoms with van der Waals surface area (Å²) >= 11 is 7.50. The number of halogens is 1. The third-order valence-corrected chi connectivity index (χ3v) is 5.40. The van der Waals surface area contributed by atoms with Gasteiger partial charge in [-0.1, -0.05) is 18.5 Å². The second kappa shape index (κ2) is 7.13. The zero-order valence-corrected chi connectivity index (χ0v) is 15.2. The molecule has 3 rings (SSSR count). The fourth-order valence-corrected chi connectivity index (χ4v) is 4.21. The van der Waals surface area contributed by atoms with Gasteiger partial charge in [0.25, 0.3) is 0 Å². The van der Waals surface area contributed by atoms with Gasteiger partial charge in [0.2, 0.25) is 5.91 Å². The van der Waals surface area contributed by atoms with Crippen LogP contribution in [-0.4, -0.2) is 54.8 Å². The molecule has 6 nitrogen and oxygen atoms in total. The van der Waals surface area contributed by atoms with Gasteiger partial charge in [0.1, 0.15) is 11.7 Å². The van der Waals surface area contributed by atoms with Crippen LogP contribution in [0.25, 0.3) is 10.2 Å². The average molecular weight is 371 g/mol. The van der Waals surface area contributed by atoms with E-state index in [2.05, 4.69) is 0 Å². The molecule has 0 bridgehead atoms. The van der Waals surface area contributed by atoms with Crippen LogP contribution in [0.3, 0.4) is 0 Å². The van der Waals surface area contributed by atoms with E-state index < -0.39 is 12.0 Å². The predicted molar refractivity (Wildman–Crippen MR) is 92.9 cm³/mol. The Morgan fingerprint density at radius 1 is 1.38 bits per heavy atom. The van der Waals surface area contributed by atoms with Crippen LogP contribution < -0.4 is 0 Å². The van der Waals surface area contributed by atoms with Gasteiger partial charge in [0.05, 0.1) is 34.9 Å². The van der Waals surface area contributed by atoms with E-state index in [0.29, 0.717) is 42.8 Å². The molecule has 24 heavy (non-hydrogen) atoms. The molecule has 2 aromatic rings. The maximum Gasteiger partial charge on any atom is 0.354 e. The fourth-order valence-electron chi connectivity index (χ4n) is 3.04. The average Bonchev–Trinajstić information content (AvgIpc) is 3.12. The van der Waals surface area contributed by atoms with E-state index in [0.717, 1.165) is 10.2 Å². The summed E-state index contributed by atoms with van der Waals surface area (Å²) < 4.78 is 13.5. The molecule has 1 atom stereocenters. The van der Waals surface area contributed by atoms with E-state index in [1.54, 1.807) is 21.6 Å². The number of rotatable bonds is 4. The first-order valence-electron chi connectivity index (χ1n) is 7.82. The molecule has 3 heterocycles. The minimum Gasteiger partial charge on any atom is -0.464 e. The summed E-state index contributed by atoms with van der Waals surface area (Å²) in [5.41, 5.74) is 1.17. The highest BCUT2D eigenvalue weighted by atomic mass is 35.5. The number of aromatic nitrogens is 1. The second-order valence-corrected chi connectivity index (χ2v) is 7.27. The monoisotopic (exact) mass is 370 g/mol. The number of methoxy groups -OCH3 is 1. The Bertz CT molecular complexity index is 764. The number of nitrogens with zero attached hydrogens (tertiary/aromatic N) is 2. The number of esters is 1. The summed E-state index contributed by atoms with van der Waals surface area (Å²) in [4.78, 5) is 27.0. The van der Waals surface area contributed by atoms with Gasteiger partial charge >= 0.3 is 5.97 Å². The van der Waals surface area contributed by atoms with Crippen molar-refractivity contribution in [1.29, 1.82) is 0 Å². The molecule has 1 saturated heterocycles. The highest BCUT2D eigenvalue weighted by molar-refractivity contribution is 7.22. The Morgan fingerprint density at radius 2 is 2.08 bits per heavy atom. The number of amides is 1. The summed E-state index contributed by atoms with van der Waals surface area (Å²) in [5, 5.41) is 0. The van der Waals surface area contributed by atoms with Crippen molar-refractivity contribution in [3.05, 3.63) is 22.2 Å². The van der Waals surface area contributed by atoms with Crippen LogP contribution in [-0.2, 0) is 14.3 Å². The molecule has 0 N–H and O–H groups in total. The maximum atomic E-state index is 13.0. The zero-order valence-electron chi connectivity index (χ0n) is 13.6. The van der Waals surface area contributed by atoms with Crippen molar-refractivity contribution in [1.82, 2.24) is 9.47 Å². The van der Waals surface area contributed by atoms with E-state index in [1.165, 1.54) is 18.4 Å². The molecule has 0 radical (unpaired) electrons. The van der Waals surface area contributed by atoms with Gasteiger partial charge in [-0.3, -0.25) is 4.79 Å². The van der Waals surface area contributed by atoms with Crippen molar-refractivity contribution >= 4 is 45.0 Å². The van der Waals surface area contributed by atoms with Crippen LogP contribution in [0.5, 0.6) is 0 Å². The highest BCUT2D eigenvalue weighted by Crippen LogP contribution is 2.35.